The third kappa shape index (κ3) is 4.08. The van der Waals surface area contributed by atoms with E-state index in [1.807, 2.05) is 0 Å². The maximum atomic E-state index is 13.9. The van der Waals surface area contributed by atoms with Gasteiger partial charge in [0.05, 0.1) is 18.7 Å². The van der Waals surface area contributed by atoms with Gasteiger partial charge < -0.3 is 26.2 Å². The molecule has 1 aromatic carbocycles. The summed E-state index contributed by atoms with van der Waals surface area (Å²) in [6, 6.07) is 3.35. The molecular weight excluding hydrogens is 438 g/mol. The average Bonchev–Trinajstić information content (AvgIpc) is 3.25. The van der Waals surface area contributed by atoms with Gasteiger partial charge in [-0.3, -0.25) is 0 Å². The molecule has 4 rings (SSSR count). The maximum Gasteiger partial charge on any atom is 0.407 e. The topological polar surface area (TPSA) is 137 Å². The molecule has 1 aliphatic heterocycles. The Morgan fingerprint density at radius 1 is 1.33 bits per heavy atom. The zero-order valence-corrected chi connectivity index (χ0v) is 16.9. The highest BCUT2D eigenvalue weighted by Crippen LogP contribution is 2.33. The van der Waals surface area contributed by atoms with Crippen LogP contribution in [0.2, 0.25) is 0 Å². The van der Waals surface area contributed by atoms with E-state index in [2.05, 4.69) is 20.3 Å². The van der Waals surface area contributed by atoms with Crippen LogP contribution in [0.3, 0.4) is 0 Å². The summed E-state index contributed by atoms with van der Waals surface area (Å²) in [6.07, 6.45) is -2.05. The molecule has 1 saturated heterocycles. The van der Waals surface area contributed by atoms with Gasteiger partial charge in [-0.2, -0.15) is 0 Å². The second-order valence-corrected chi connectivity index (χ2v) is 8.54. The van der Waals surface area contributed by atoms with E-state index >= 15 is 0 Å². The van der Waals surface area contributed by atoms with Crippen molar-refractivity contribution < 1.29 is 23.8 Å². The Hall–Kier alpha value is -2.77. The van der Waals surface area contributed by atoms with Crippen LogP contribution in [0.4, 0.5) is 24.5 Å². The number of nitrogens with zero attached hydrogens (tertiary/aromatic N) is 4. The number of likely N-dealkylation sites (tertiary alicyclic amines) is 1. The van der Waals surface area contributed by atoms with Gasteiger partial charge in [-0.1, -0.05) is 35.2 Å². The summed E-state index contributed by atoms with van der Waals surface area (Å²) in [4.78, 5) is 25.1. The van der Waals surface area contributed by atoms with Gasteiger partial charge in [0.1, 0.15) is 4.70 Å². The van der Waals surface area contributed by atoms with Crippen molar-refractivity contribution in [2.24, 2.45) is 0 Å². The molecule has 2 atom stereocenters. The van der Waals surface area contributed by atoms with Gasteiger partial charge in [0.2, 0.25) is 0 Å². The minimum atomic E-state index is -1.12. The van der Waals surface area contributed by atoms with E-state index in [-0.39, 0.29) is 34.7 Å². The third-order valence-corrected chi connectivity index (χ3v) is 6.30. The van der Waals surface area contributed by atoms with Crippen LogP contribution in [0, 0.1) is 11.6 Å². The Kier molecular flexibility index (Phi) is 5.58. The van der Waals surface area contributed by atoms with Gasteiger partial charge in [-0.25, -0.2) is 28.5 Å². The van der Waals surface area contributed by atoms with Crippen LogP contribution in [0.1, 0.15) is 5.56 Å². The van der Waals surface area contributed by atoms with Gasteiger partial charge in [-0.15, -0.1) is 0 Å². The first-order valence-corrected chi connectivity index (χ1v) is 10.5. The third-order valence-electron chi connectivity index (χ3n) is 4.52. The van der Waals surface area contributed by atoms with Crippen LogP contribution in [-0.2, 0) is 5.75 Å². The first-order chi connectivity index (χ1) is 14.3. The molecule has 13 heteroatoms. The SMILES string of the molecule is Nc1nc2nc(SCc3cccc(F)c3F)nc(N[C@@H]3CN(C(=O)O)C[C@H]3O)c2s1. The highest BCUT2D eigenvalue weighted by Gasteiger charge is 2.34. The number of benzene rings is 1. The van der Waals surface area contributed by atoms with Crippen molar-refractivity contribution in [2.45, 2.75) is 23.1 Å². The number of carbonyl (C=O) groups is 1. The lowest BCUT2D eigenvalue weighted by atomic mass is 10.2. The monoisotopic (exact) mass is 454 g/mol. The van der Waals surface area contributed by atoms with Crippen molar-refractivity contribution in [1.29, 1.82) is 0 Å². The van der Waals surface area contributed by atoms with Gasteiger partial charge in [-0.05, 0) is 6.07 Å². The molecule has 3 aromatic rings. The number of hydrogen-bond donors (Lipinski definition) is 4. The predicted octanol–water partition coefficient (Wildman–Crippen LogP) is 2.37. The molecule has 3 heterocycles. The van der Waals surface area contributed by atoms with Crippen LogP contribution in [0.15, 0.2) is 23.4 Å². The van der Waals surface area contributed by atoms with E-state index < -0.39 is 29.9 Å². The number of aliphatic hydroxyl groups is 1. The number of amides is 1. The minimum absolute atomic E-state index is 0.0213. The Bertz CT molecular complexity index is 1110. The number of thiazole rings is 1. The fraction of sp³-hybridized carbons (Fsp3) is 0.294. The number of rotatable bonds is 5. The number of thioether (sulfide) groups is 1. The van der Waals surface area contributed by atoms with Crippen LogP contribution in [0.5, 0.6) is 0 Å². The van der Waals surface area contributed by atoms with E-state index in [1.54, 1.807) is 0 Å². The van der Waals surface area contributed by atoms with Gasteiger partial charge in [0.15, 0.2) is 33.4 Å². The molecule has 9 nitrogen and oxygen atoms in total. The van der Waals surface area contributed by atoms with E-state index in [1.165, 1.54) is 12.1 Å². The second kappa shape index (κ2) is 8.16. The lowest BCUT2D eigenvalue weighted by Crippen LogP contribution is -2.33. The normalized spacial score (nSPS) is 18.8. The van der Waals surface area contributed by atoms with Crippen molar-refractivity contribution >= 4 is 50.5 Å². The van der Waals surface area contributed by atoms with Gasteiger partial charge in [0, 0.05) is 17.9 Å². The summed E-state index contributed by atoms with van der Waals surface area (Å²) in [6.45, 7) is 0.0553. The number of fused-ring (bicyclic) bond motifs is 1. The standard InChI is InChI=1S/C17H16F2N6O3S2/c18-8-3-1-2-7(11(8)19)6-29-16-23-13(12-14(24-16)22-15(20)30-12)21-9-4-25(17(27)28)5-10(9)26/h1-3,9-10,26H,4-6H2,(H,27,28)(H3,20,21,22,23,24)/t9-,10-/m1/s1. The largest absolute Gasteiger partial charge is 0.465 e. The maximum absolute atomic E-state index is 13.9. The molecule has 158 valence electrons. The Morgan fingerprint density at radius 2 is 2.13 bits per heavy atom. The Labute approximate surface area is 177 Å². The van der Waals surface area contributed by atoms with Crippen LogP contribution in [-0.4, -0.2) is 61.4 Å². The number of anilines is 2. The minimum Gasteiger partial charge on any atom is -0.465 e. The highest BCUT2D eigenvalue weighted by atomic mass is 32.2. The smallest absolute Gasteiger partial charge is 0.407 e. The molecule has 5 N–H and O–H groups in total. The van der Waals surface area contributed by atoms with Crippen molar-refractivity contribution in [3.8, 4) is 0 Å². The fourth-order valence-electron chi connectivity index (χ4n) is 3.05. The first-order valence-electron chi connectivity index (χ1n) is 8.74. The molecular formula is C17H16F2N6O3S2. The predicted molar refractivity (Wildman–Crippen MR) is 109 cm³/mol. The number of nitrogens with two attached hydrogens (primary N) is 1. The number of aliphatic hydroxyl groups excluding tert-OH is 1. The van der Waals surface area contributed by atoms with Crippen LogP contribution in [0.25, 0.3) is 10.3 Å². The molecule has 0 unspecified atom stereocenters. The quantitative estimate of drug-likeness (QED) is 0.338. The number of aromatic nitrogens is 3. The lowest BCUT2D eigenvalue weighted by molar-refractivity contribution is 0.139. The molecule has 0 spiro atoms. The molecule has 0 saturated carbocycles. The Morgan fingerprint density at radius 3 is 2.87 bits per heavy atom. The van der Waals surface area contributed by atoms with Gasteiger partial charge >= 0.3 is 6.09 Å². The summed E-state index contributed by atoms with van der Waals surface area (Å²) in [5.41, 5.74) is 6.27. The van der Waals surface area contributed by atoms with Crippen LogP contribution < -0.4 is 11.1 Å². The van der Waals surface area contributed by atoms with E-state index in [0.29, 0.717) is 16.2 Å². The van der Waals surface area contributed by atoms with Crippen molar-refractivity contribution in [3.63, 3.8) is 0 Å². The fourth-order valence-corrected chi connectivity index (χ4v) is 4.58. The van der Waals surface area contributed by atoms with Crippen LogP contribution >= 0.6 is 23.1 Å². The van der Waals surface area contributed by atoms with Crippen molar-refractivity contribution in [2.75, 3.05) is 24.1 Å². The molecule has 0 bridgehead atoms. The zero-order valence-electron chi connectivity index (χ0n) is 15.2. The molecule has 1 fully saturated rings. The number of nitrogen functional groups attached to an aromatic ring is 1. The first kappa shape index (κ1) is 20.5. The van der Waals surface area contributed by atoms with Gasteiger partial charge in [0.25, 0.3) is 0 Å². The summed E-state index contributed by atoms with van der Waals surface area (Å²) < 4.78 is 27.9. The second-order valence-electron chi connectivity index (χ2n) is 6.57. The molecule has 2 aromatic heterocycles. The number of halogens is 2. The molecule has 1 aliphatic rings. The summed E-state index contributed by atoms with van der Waals surface area (Å²) in [5, 5.41) is 22.9. The summed E-state index contributed by atoms with van der Waals surface area (Å²) >= 11 is 2.23. The Balaban J connectivity index is 1.59. The molecule has 30 heavy (non-hydrogen) atoms. The van der Waals surface area contributed by atoms with E-state index in [0.717, 1.165) is 34.1 Å². The molecule has 1 amide bonds. The number of nitrogens with one attached hydrogen (secondary N) is 1. The summed E-state index contributed by atoms with van der Waals surface area (Å²) in [5.74, 6) is -1.43. The number of β-amino-alcohol motifs (C(OH)–C–C–N with tert-alkyl or cyclic N) is 1. The highest BCUT2D eigenvalue weighted by molar-refractivity contribution is 7.98. The number of carboxylic acid groups (broad SMARTS) is 1. The summed E-state index contributed by atoms with van der Waals surface area (Å²) in [7, 11) is 0. The van der Waals surface area contributed by atoms with Crippen molar-refractivity contribution in [1.82, 2.24) is 19.9 Å². The average molecular weight is 454 g/mol. The van der Waals surface area contributed by atoms with E-state index in [4.69, 9.17) is 10.8 Å². The lowest BCUT2D eigenvalue weighted by Gasteiger charge is -2.16. The zero-order chi connectivity index (χ0) is 21.4. The number of hydrogen-bond acceptors (Lipinski definition) is 9. The molecule has 0 radical (unpaired) electrons. The van der Waals surface area contributed by atoms with E-state index in [9.17, 15) is 18.7 Å². The molecule has 0 aliphatic carbocycles. The van der Waals surface area contributed by atoms with Crippen molar-refractivity contribution in [3.05, 3.63) is 35.4 Å².